The van der Waals surface area contributed by atoms with Gasteiger partial charge in [-0.05, 0) is 54.4 Å². The molecule has 2 aliphatic carbocycles. The van der Waals surface area contributed by atoms with Gasteiger partial charge in [0.25, 0.3) is 0 Å². The van der Waals surface area contributed by atoms with E-state index in [2.05, 4.69) is 62.4 Å². The molecule has 0 saturated heterocycles. The van der Waals surface area contributed by atoms with E-state index in [1.54, 1.807) is 0 Å². The van der Waals surface area contributed by atoms with E-state index in [1.165, 1.54) is 42.5 Å². The van der Waals surface area contributed by atoms with Crippen LogP contribution in [0, 0.1) is 24.2 Å². The van der Waals surface area contributed by atoms with Crippen LogP contribution in [-0.2, 0) is 12.8 Å². The lowest BCUT2D eigenvalue weighted by Crippen LogP contribution is -2.56. The standard InChI is InChI=1S/C24H34FNS/c1-5-8-19-11-12-21(14-20(19)13-17(2)3)26(22-15-24(25,27)16-22)23-10-7-6-9-18(23)4/h1,11-12,14,17-18,22-23,27H,6-10,13,15-16H2,2-4H3. The Labute approximate surface area is 170 Å². The van der Waals surface area contributed by atoms with Gasteiger partial charge in [0.2, 0.25) is 0 Å². The largest absolute Gasteiger partial charge is 0.365 e. The number of halogens is 1. The fourth-order valence-electron chi connectivity index (χ4n) is 4.93. The molecule has 3 heteroatoms. The first kappa shape index (κ1) is 20.6. The molecular formula is C24H34FNS. The monoisotopic (exact) mass is 387 g/mol. The Morgan fingerprint density at radius 2 is 1.96 bits per heavy atom. The van der Waals surface area contributed by atoms with Crippen molar-refractivity contribution < 1.29 is 4.39 Å². The van der Waals surface area contributed by atoms with Crippen molar-refractivity contribution in [2.75, 3.05) is 4.90 Å². The second-order valence-electron chi connectivity index (χ2n) is 9.15. The Kier molecular flexibility index (Phi) is 6.46. The molecule has 0 radical (unpaired) electrons. The zero-order chi connectivity index (χ0) is 19.6. The van der Waals surface area contributed by atoms with E-state index in [-0.39, 0.29) is 6.04 Å². The van der Waals surface area contributed by atoms with E-state index in [0.717, 1.165) is 6.42 Å². The third-order valence-electron chi connectivity index (χ3n) is 6.32. The predicted octanol–water partition coefficient (Wildman–Crippen LogP) is 6.20. The van der Waals surface area contributed by atoms with Crippen LogP contribution in [0.5, 0.6) is 0 Å². The normalized spacial score (nSPS) is 30.6. The molecule has 1 nitrogen and oxygen atoms in total. The smallest absolute Gasteiger partial charge is 0.157 e. The molecule has 0 amide bonds. The average molecular weight is 388 g/mol. The molecule has 2 aliphatic rings. The predicted molar refractivity (Wildman–Crippen MR) is 117 cm³/mol. The molecule has 2 fully saturated rings. The summed E-state index contributed by atoms with van der Waals surface area (Å²) in [6, 6.07) is 7.51. The molecule has 1 aromatic rings. The van der Waals surface area contributed by atoms with E-state index in [4.69, 9.17) is 6.42 Å². The zero-order valence-corrected chi connectivity index (χ0v) is 17.9. The van der Waals surface area contributed by atoms with Gasteiger partial charge in [0.05, 0.1) is 0 Å². The van der Waals surface area contributed by atoms with Gasteiger partial charge in [-0.1, -0.05) is 39.7 Å². The molecule has 148 valence electrons. The average Bonchev–Trinajstić information content (AvgIpc) is 2.57. The Morgan fingerprint density at radius 1 is 1.26 bits per heavy atom. The molecule has 2 saturated carbocycles. The Hall–Kier alpha value is -1.14. The van der Waals surface area contributed by atoms with E-state index in [1.807, 2.05) is 0 Å². The summed E-state index contributed by atoms with van der Waals surface area (Å²) in [6.07, 6.45) is 13.4. The SMILES string of the molecule is C#CCc1ccc(N(C2CC(F)(S)C2)C2CCCCC2C)cc1CC(C)C. The molecular weight excluding hydrogens is 353 g/mol. The summed E-state index contributed by atoms with van der Waals surface area (Å²) in [5.74, 6) is 4.03. The molecule has 0 aromatic heterocycles. The minimum absolute atomic E-state index is 0.253. The fraction of sp³-hybridized carbons (Fsp3) is 0.667. The first-order chi connectivity index (χ1) is 12.8. The highest BCUT2D eigenvalue weighted by molar-refractivity contribution is 7.81. The van der Waals surface area contributed by atoms with Crippen LogP contribution in [0.25, 0.3) is 0 Å². The number of terminal acetylenes is 1. The van der Waals surface area contributed by atoms with Crippen LogP contribution in [0.15, 0.2) is 18.2 Å². The lowest BCUT2D eigenvalue weighted by Gasteiger charge is -2.51. The second kappa shape index (κ2) is 8.48. The van der Waals surface area contributed by atoms with Gasteiger partial charge in [-0.3, -0.25) is 0 Å². The molecule has 2 unspecified atom stereocenters. The maximum absolute atomic E-state index is 14.2. The van der Waals surface area contributed by atoms with Gasteiger partial charge in [-0.25, -0.2) is 4.39 Å². The summed E-state index contributed by atoms with van der Waals surface area (Å²) in [7, 11) is 0. The number of rotatable bonds is 6. The summed E-state index contributed by atoms with van der Waals surface area (Å²) < 4.78 is 14.2. The summed E-state index contributed by atoms with van der Waals surface area (Å²) in [4.78, 5) is 2.54. The van der Waals surface area contributed by atoms with Crippen LogP contribution in [0.4, 0.5) is 10.1 Å². The molecule has 3 rings (SSSR count). The van der Waals surface area contributed by atoms with Crippen molar-refractivity contribution >= 4 is 18.3 Å². The quantitative estimate of drug-likeness (QED) is 0.449. The Balaban J connectivity index is 1.94. The lowest BCUT2D eigenvalue weighted by atomic mass is 9.80. The third kappa shape index (κ3) is 4.83. The zero-order valence-electron chi connectivity index (χ0n) is 17.0. The Morgan fingerprint density at radius 3 is 2.56 bits per heavy atom. The van der Waals surface area contributed by atoms with Crippen molar-refractivity contribution in [1.82, 2.24) is 0 Å². The van der Waals surface area contributed by atoms with Crippen LogP contribution in [0.3, 0.4) is 0 Å². The molecule has 2 atom stereocenters. The first-order valence-electron chi connectivity index (χ1n) is 10.6. The highest BCUT2D eigenvalue weighted by Gasteiger charge is 2.47. The minimum Gasteiger partial charge on any atom is -0.365 e. The van der Waals surface area contributed by atoms with E-state index in [0.29, 0.717) is 37.1 Å². The maximum Gasteiger partial charge on any atom is 0.157 e. The molecule has 0 spiro atoms. The van der Waals surface area contributed by atoms with Crippen molar-refractivity contribution in [2.45, 2.75) is 89.2 Å². The summed E-state index contributed by atoms with van der Waals surface area (Å²) >= 11 is 4.19. The van der Waals surface area contributed by atoms with Gasteiger partial charge in [-0.15, -0.1) is 25.0 Å². The van der Waals surface area contributed by atoms with Gasteiger partial charge in [-0.2, -0.15) is 0 Å². The van der Waals surface area contributed by atoms with Crippen molar-refractivity contribution in [3.05, 3.63) is 29.3 Å². The summed E-state index contributed by atoms with van der Waals surface area (Å²) in [5, 5.41) is -1.30. The van der Waals surface area contributed by atoms with Crippen LogP contribution in [-0.4, -0.2) is 17.1 Å². The van der Waals surface area contributed by atoms with Crippen molar-refractivity contribution in [2.24, 2.45) is 11.8 Å². The molecule has 1 aromatic carbocycles. The van der Waals surface area contributed by atoms with Gasteiger partial charge in [0.15, 0.2) is 5.00 Å². The topological polar surface area (TPSA) is 3.24 Å². The number of anilines is 1. The summed E-state index contributed by atoms with van der Waals surface area (Å²) in [5.41, 5.74) is 3.86. The number of nitrogens with zero attached hydrogens (tertiary/aromatic N) is 1. The number of hydrogen-bond donors (Lipinski definition) is 1. The Bertz CT molecular complexity index is 682. The number of thiol groups is 1. The molecule has 0 N–H and O–H groups in total. The van der Waals surface area contributed by atoms with Crippen LogP contribution >= 0.6 is 12.6 Å². The van der Waals surface area contributed by atoms with Gasteiger partial charge in [0, 0.05) is 37.0 Å². The van der Waals surface area contributed by atoms with E-state index in [9.17, 15) is 4.39 Å². The van der Waals surface area contributed by atoms with Crippen LogP contribution in [0.1, 0.15) is 70.4 Å². The van der Waals surface area contributed by atoms with E-state index >= 15 is 0 Å². The van der Waals surface area contributed by atoms with Crippen LogP contribution < -0.4 is 4.90 Å². The van der Waals surface area contributed by atoms with E-state index < -0.39 is 5.00 Å². The number of hydrogen-bond acceptors (Lipinski definition) is 2. The molecule has 27 heavy (non-hydrogen) atoms. The van der Waals surface area contributed by atoms with Crippen molar-refractivity contribution in [1.29, 1.82) is 0 Å². The second-order valence-corrected chi connectivity index (χ2v) is 9.95. The maximum atomic E-state index is 14.2. The van der Waals surface area contributed by atoms with Crippen LogP contribution in [0.2, 0.25) is 0 Å². The number of benzene rings is 1. The fourth-order valence-corrected chi connectivity index (χ4v) is 5.35. The summed E-state index contributed by atoms with van der Waals surface area (Å²) in [6.45, 7) is 6.86. The van der Waals surface area contributed by atoms with Crippen molar-refractivity contribution in [3.63, 3.8) is 0 Å². The molecule has 0 bridgehead atoms. The van der Waals surface area contributed by atoms with Gasteiger partial charge < -0.3 is 4.90 Å². The van der Waals surface area contributed by atoms with Gasteiger partial charge in [0.1, 0.15) is 0 Å². The third-order valence-corrected chi connectivity index (χ3v) is 6.69. The highest BCUT2D eigenvalue weighted by Crippen LogP contribution is 2.46. The number of alkyl halides is 1. The first-order valence-corrected chi connectivity index (χ1v) is 11.0. The minimum atomic E-state index is -1.30. The lowest BCUT2D eigenvalue weighted by molar-refractivity contribution is 0.124. The molecule has 0 aliphatic heterocycles. The van der Waals surface area contributed by atoms with Gasteiger partial charge >= 0.3 is 0 Å². The molecule has 0 heterocycles. The van der Waals surface area contributed by atoms with Crippen molar-refractivity contribution in [3.8, 4) is 12.3 Å². The highest BCUT2D eigenvalue weighted by atomic mass is 32.1.